The van der Waals surface area contributed by atoms with Crippen LogP contribution in [0.5, 0.6) is 5.75 Å². The highest BCUT2D eigenvalue weighted by Gasteiger charge is 2.31. The molecule has 0 radical (unpaired) electrons. The maximum atomic E-state index is 12.4. The lowest BCUT2D eigenvalue weighted by Gasteiger charge is -2.33. The van der Waals surface area contributed by atoms with Crippen molar-refractivity contribution in [1.82, 2.24) is 0 Å². The lowest BCUT2D eigenvalue weighted by atomic mass is 10.1. The normalized spacial score (nSPS) is 16.2. The number of rotatable bonds is 5. The summed E-state index contributed by atoms with van der Waals surface area (Å²) in [6.45, 7) is 4.36. The van der Waals surface area contributed by atoms with Gasteiger partial charge in [-0.25, -0.2) is 0 Å². The number of amides is 2. The van der Waals surface area contributed by atoms with Crippen molar-refractivity contribution < 1.29 is 14.3 Å². The Hall–Kier alpha value is -2.79. The molecule has 6 heteroatoms. The minimum absolute atomic E-state index is 0.0736. The third-order valence-electron chi connectivity index (χ3n) is 4.18. The van der Waals surface area contributed by atoms with Crippen LogP contribution in [0.4, 0.5) is 11.4 Å². The lowest BCUT2D eigenvalue weighted by molar-refractivity contribution is -0.125. The highest BCUT2D eigenvalue weighted by Crippen LogP contribution is 2.36. The minimum Gasteiger partial charge on any atom is -0.479 e. The monoisotopic (exact) mass is 384 g/mol. The highest BCUT2D eigenvalue weighted by molar-refractivity contribution is 6.30. The second-order valence-corrected chi connectivity index (χ2v) is 6.74. The molecule has 1 aliphatic rings. The summed E-state index contributed by atoms with van der Waals surface area (Å²) in [6.07, 6.45) is 3.49. The van der Waals surface area contributed by atoms with Crippen molar-refractivity contribution in [1.29, 1.82) is 0 Å². The SMILES string of the molecule is CCCN1C(=O)C(C)Oc2ccc(NC(=O)/C=C/c3ccc(Cl)cc3)cc21. The molecule has 0 bridgehead atoms. The summed E-state index contributed by atoms with van der Waals surface area (Å²) in [5, 5.41) is 3.46. The Morgan fingerprint density at radius 2 is 2.00 bits per heavy atom. The topological polar surface area (TPSA) is 58.6 Å². The molecule has 1 atom stereocenters. The van der Waals surface area contributed by atoms with Crippen LogP contribution in [-0.2, 0) is 9.59 Å². The summed E-state index contributed by atoms with van der Waals surface area (Å²) < 4.78 is 5.67. The van der Waals surface area contributed by atoms with E-state index in [9.17, 15) is 9.59 Å². The fourth-order valence-electron chi connectivity index (χ4n) is 2.87. The van der Waals surface area contributed by atoms with Crippen LogP contribution in [-0.4, -0.2) is 24.5 Å². The molecule has 2 aromatic carbocycles. The van der Waals surface area contributed by atoms with E-state index in [1.807, 2.05) is 19.1 Å². The average Bonchev–Trinajstić information content (AvgIpc) is 2.65. The number of nitrogens with zero attached hydrogens (tertiary/aromatic N) is 1. The fourth-order valence-corrected chi connectivity index (χ4v) is 2.99. The molecule has 0 saturated heterocycles. The van der Waals surface area contributed by atoms with Crippen LogP contribution in [0.15, 0.2) is 48.5 Å². The number of fused-ring (bicyclic) bond motifs is 1. The molecular formula is C21H21ClN2O3. The second kappa shape index (κ2) is 8.27. The molecule has 0 spiro atoms. The Morgan fingerprint density at radius 3 is 2.70 bits per heavy atom. The van der Waals surface area contributed by atoms with Gasteiger partial charge in [0, 0.05) is 23.3 Å². The third kappa shape index (κ3) is 4.49. The first-order chi connectivity index (χ1) is 13.0. The number of carbonyl (C=O) groups excluding carboxylic acids is 2. The van der Waals surface area contributed by atoms with Gasteiger partial charge in [0.2, 0.25) is 5.91 Å². The van der Waals surface area contributed by atoms with Gasteiger partial charge in [0.15, 0.2) is 6.10 Å². The van der Waals surface area contributed by atoms with E-state index in [2.05, 4.69) is 5.32 Å². The van der Waals surface area contributed by atoms with Crippen molar-refractivity contribution >= 4 is 40.9 Å². The number of halogens is 1. The van der Waals surface area contributed by atoms with Crippen LogP contribution in [0.1, 0.15) is 25.8 Å². The van der Waals surface area contributed by atoms with Crippen molar-refractivity contribution in [3.05, 3.63) is 59.1 Å². The van der Waals surface area contributed by atoms with Gasteiger partial charge in [-0.15, -0.1) is 0 Å². The summed E-state index contributed by atoms with van der Waals surface area (Å²) in [5.41, 5.74) is 2.16. The summed E-state index contributed by atoms with van der Waals surface area (Å²) in [7, 11) is 0. The zero-order chi connectivity index (χ0) is 19.4. The molecule has 0 fully saturated rings. The average molecular weight is 385 g/mol. The van der Waals surface area contributed by atoms with Gasteiger partial charge in [-0.2, -0.15) is 0 Å². The van der Waals surface area contributed by atoms with Gasteiger partial charge in [-0.1, -0.05) is 30.7 Å². The van der Waals surface area contributed by atoms with Gasteiger partial charge in [0.25, 0.3) is 5.91 Å². The van der Waals surface area contributed by atoms with Crippen LogP contribution in [0.3, 0.4) is 0 Å². The van der Waals surface area contributed by atoms with Crippen molar-refractivity contribution in [3.63, 3.8) is 0 Å². The van der Waals surface area contributed by atoms with Crippen LogP contribution in [0, 0.1) is 0 Å². The van der Waals surface area contributed by atoms with E-state index in [0.717, 1.165) is 12.0 Å². The molecule has 140 valence electrons. The third-order valence-corrected chi connectivity index (χ3v) is 4.43. The van der Waals surface area contributed by atoms with Gasteiger partial charge in [0.1, 0.15) is 5.75 Å². The molecule has 1 unspecified atom stereocenters. The van der Waals surface area contributed by atoms with Crippen molar-refractivity contribution in [2.45, 2.75) is 26.4 Å². The van der Waals surface area contributed by atoms with Gasteiger partial charge in [-0.05, 0) is 55.3 Å². The van der Waals surface area contributed by atoms with Crippen LogP contribution < -0.4 is 15.0 Å². The first-order valence-electron chi connectivity index (χ1n) is 8.84. The summed E-state index contributed by atoms with van der Waals surface area (Å²) in [4.78, 5) is 26.3. The molecule has 27 heavy (non-hydrogen) atoms. The molecule has 5 nitrogen and oxygen atoms in total. The number of benzene rings is 2. The summed E-state index contributed by atoms with van der Waals surface area (Å²) in [6, 6.07) is 12.5. The lowest BCUT2D eigenvalue weighted by Crippen LogP contribution is -2.44. The van der Waals surface area contributed by atoms with Gasteiger partial charge in [-0.3, -0.25) is 9.59 Å². The van der Waals surface area contributed by atoms with E-state index in [4.69, 9.17) is 16.3 Å². The number of nitrogens with one attached hydrogen (secondary N) is 1. The zero-order valence-electron chi connectivity index (χ0n) is 15.2. The van der Waals surface area contributed by atoms with Crippen molar-refractivity contribution in [2.75, 3.05) is 16.8 Å². The van der Waals surface area contributed by atoms with Crippen molar-refractivity contribution in [3.8, 4) is 5.75 Å². The maximum absolute atomic E-state index is 12.4. The van der Waals surface area contributed by atoms with E-state index >= 15 is 0 Å². The molecular weight excluding hydrogens is 364 g/mol. The summed E-state index contributed by atoms with van der Waals surface area (Å²) >= 11 is 5.85. The molecule has 1 N–H and O–H groups in total. The Labute approximate surface area is 163 Å². The van der Waals surface area contributed by atoms with Gasteiger partial charge < -0.3 is 15.0 Å². The van der Waals surface area contributed by atoms with E-state index < -0.39 is 6.10 Å². The highest BCUT2D eigenvalue weighted by atomic mass is 35.5. The van der Waals surface area contributed by atoms with Crippen LogP contribution in [0.2, 0.25) is 5.02 Å². The van der Waals surface area contributed by atoms with E-state index in [0.29, 0.717) is 28.7 Å². The minimum atomic E-state index is -0.508. The molecule has 1 heterocycles. The van der Waals surface area contributed by atoms with Gasteiger partial charge >= 0.3 is 0 Å². The van der Waals surface area contributed by atoms with Gasteiger partial charge in [0.05, 0.1) is 5.69 Å². The Bertz CT molecular complexity index is 877. The predicted octanol–water partition coefficient (Wildman–Crippen LogP) is 4.52. The quantitative estimate of drug-likeness (QED) is 0.771. The predicted molar refractivity (Wildman–Crippen MR) is 108 cm³/mol. The fraction of sp³-hybridized carbons (Fsp3) is 0.238. The van der Waals surface area contributed by atoms with E-state index in [-0.39, 0.29) is 11.8 Å². The largest absolute Gasteiger partial charge is 0.479 e. The molecule has 0 aliphatic carbocycles. The number of anilines is 2. The Kier molecular flexibility index (Phi) is 5.81. The van der Waals surface area contributed by atoms with E-state index in [1.54, 1.807) is 48.2 Å². The molecule has 0 aromatic heterocycles. The molecule has 1 aliphatic heterocycles. The molecule has 0 saturated carbocycles. The smallest absolute Gasteiger partial charge is 0.267 e. The van der Waals surface area contributed by atoms with Crippen LogP contribution in [0.25, 0.3) is 6.08 Å². The van der Waals surface area contributed by atoms with E-state index in [1.165, 1.54) is 6.08 Å². The Balaban J connectivity index is 1.75. The molecule has 3 rings (SSSR count). The number of ether oxygens (including phenoxy) is 1. The number of hydrogen-bond acceptors (Lipinski definition) is 3. The number of carbonyl (C=O) groups is 2. The first kappa shape index (κ1) is 19.0. The zero-order valence-corrected chi connectivity index (χ0v) is 16.0. The number of hydrogen-bond donors (Lipinski definition) is 1. The Morgan fingerprint density at radius 1 is 1.26 bits per heavy atom. The maximum Gasteiger partial charge on any atom is 0.267 e. The first-order valence-corrected chi connectivity index (χ1v) is 9.22. The summed E-state index contributed by atoms with van der Waals surface area (Å²) in [5.74, 6) is 0.309. The molecule has 2 aromatic rings. The molecule has 2 amide bonds. The standard InChI is InChI=1S/C21H21ClN2O3/c1-3-12-24-18-13-17(9-10-19(18)27-14(2)21(24)26)23-20(25)11-6-15-4-7-16(22)8-5-15/h4-11,13-14H,3,12H2,1-2H3,(H,23,25)/b11-6+. The van der Waals surface area contributed by atoms with Crippen molar-refractivity contribution in [2.24, 2.45) is 0 Å². The van der Waals surface area contributed by atoms with Crippen LogP contribution >= 0.6 is 11.6 Å². The second-order valence-electron chi connectivity index (χ2n) is 6.31.